The molecule has 1 N–H and O–H groups in total. The minimum Gasteiger partial charge on any atom is -0.445 e. The minimum atomic E-state index is -2.61. The Kier molecular flexibility index (Phi) is 4.11. The largest absolute Gasteiger partial charge is 0.445 e. The summed E-state index contributed by atoms with van der Waals surface area (Å²) in [4.78, 5) is 24.8. The van der Waals surface area contributed by atoms with Gasteiger partial charge < -0.3 is 9.40 Å². The summed E-state index contributed by atoms with van der Waals surface area (Å²) in [6.45, 7) is 3.80. The molecule has 0 saturated heterocycles. The number of aromatic amines is 1. The number of halogens is 2. The van der Waals surface area contributed by atoms with Crippen molar-refractivity contribution >= 4 is 11.0 Å². The molecule has 154 valence electrons. The van der Waals surface area contributed by atoms with Crippen molar-refractivity contribution in [2.24, 2.45) is 0 Å². The highest BCUT2D eigenvalue weighted by Gasteiger charge is 2.40. The first-order valence-corrected chi connectivity index (χ1v) is 10.1. The number of oxazole rings is 1. The molecule has 3 aromatic heterocycles. The third kappa shape index (κ3) is 3.07. The highest BCUT2D eigenvalue weighted by molar-refractivity contribution is 5.73. The van der Waals surface area contributed by atoms with Crippen LogP contribution in [0.4, 0.5) is 8.78 Å². The van der Waals surface area contributed by atoms with Gasteiger partial charge in [0.05, 0.1) is 17.9 Å². The lowest BCUT2D eigenvalue weighted by atomic mass is 9.73. The molecule has 0 amide bonds. The number of hydrogen-bond acceptors (Lipinski definition) is 5. The first-order chi connectivity index (χ1) is 13.8. The summed E-state index contributed by atoms with van der Waals surface area (Å²) in [6.07, 6.45) is 3.61. The number of hydrogen-bond donors (Lipinski definition) is 1. The van der Waals surface area contributed by atoms with Crippen LogP contribution < -0.4 is 5.56 Å². The molecular weight excluding hydrogens is 380 g/mol. The molecular formula is C20H23F2N5O2. The summed E-state index contributed by atoms with van der Waals surface area (Å²) < 4.78 is 34.5. The van der Waals surface area contributed by atoms with Gasteiger partial charge in [-0.25, -0.2) is 23.4 Å². The minimum absolute atomic E-state index is 0.0172. The zero-order valence-corrected chi connectivity index (χ0v) is 16.4. The van der Waals surface area contributed by atoms with E-state index in [2.05, 4.69) is 15.1 Å². The SMILES string of the molecule is Cc1nc([C@@H]2CCC2c2nc3c(cnn3C3CCC(F)(F)CC3)c(=O)[nH]2)oc1C. The van der Waals surface area contributed by atoms with Crippen molar-refractivity contribution in [3.8, 4) is 0 Å². The van der Waals surface area contributed by atoms with Gasteiger partial charge in [0.25, 0.3) is 5.56 Å². The predicted octanol–water partition coefficient (Wildman–Crippen LogP) is 4.14. The topological polar surface area (TPSA) is 89.6 Å². The molecule has 2 atom stereocenters. The maximum Gasteiger partial charge on any atom is 0.262 e. The van der Waals surface area contributed by atoms with Gasteiger partial charge in [0.15, 0.2) is 11.5 Å². The number of nitrogens with zero attached hydrogens (tertiary/aromatic N) is 4. The van der Waals surface area contributed by atoms with Crippen LogP contribution in [-0.2, 0) is 0 Å². The smallest absolute Gasteiger partial charge is 0.262 e. The number of H-pyrrole nitrogens is 1. The lowest BCUT2D eigenvalue weighted by Crippen LogP contribution is -2.28. The summed E-state index contributed by atoms with van der Waals surface area (Å²) in [5.41, 5.74) is 1.10. The van der Waals surface area contributed by atoms with Gasteiger partial charge in [-0.3, -0.25) is 4.79 Å². The molecule has 0 aromatic carbocycles. The van der Waals surface area contributed by atoms with Gasteiger partial charge in [0.1, 0.15) is 17.0 Å². The Labute approximate surface area is 165 Å². The molecule has 2 aliphatic carbocycles. The molecule has 1 unspecified atom stereocenters. The summed E-state index contributed by atoms with van der Waals surface area (Å²) in [7, 11) is 0. The zero-order valence-electron chi connectivity index (χ0n) is 16.4. The normalized spacial score (nSPS) is 24.7. The molecule has 0 aliphatic heterocycles. The van der Waals surface area contributed by atoms with E-state index in [-0.39, 0.29) is 36.3 Å². The van der Waals surface area contributed by atoms with E-state index in [9.17, 15) is 13.6 Å². The van der Waals surface area contributed by atoms with E-state index in [4.69, 9.17) is 9.40 Å². The number of rotatable bonds is 3. The second-order valence-corrected chi connectivity index (χ2v) is 8.35. The number of alkyl halides is 2. The summed E-state index contributed by atoms with van der Waals surface area (Å²) >= 11 is 0. The van der Waals surface area contributed by atoms with Crippen LogP contribution in [0.25, 0.3) is 11.0 Å². The van der Waals surface area contributed by atoms with Crippen LogP contribution in [0.3, 0.4) is 0 Å². The monoisotopic (exact) mass is 403 g/mol. The Hall–Kier alpha value is -2.58. The number of aryl methyl sites for hydroxylation is 2. The maximum absolute atomic E-state index is 13.5. The van der Waals surface area contributed by atoms with Crippen molar-refractivity contribution in [2.75, 3.05) is 0 Å². The van der Waals surface area contributed by atoms with Gasteiger partial charge >= 0.3 is 0 Å². The third-order valence-electron chi connectivity index (χ3n) is 6.50. The average molecular weight is 403 g/mol. The van der Waals surface area contributed by atoms with Crippen molar-refractivity contribution in [3.63, 3.8) is 0 Å². The van der Waals surface area contributed by atoms with Crippen LogP contribution in [0, 0.1) is 13.8 Å². The second kappa shape index (κ2) is 6.47. The molecule has 2 aliphatic rings. The van der Waals surface area contributed by atoms with E-state index in [1.54, 1.807) is 4.68 Å². The standard InChI is InChI=1S/C20H23F2N5O2/c1-10-11(2)29-19(24-10)14-4-3-13(14)16-25-17-15(18(28)26-16)9-23-27(17)12-5-7-20(21,22)8-6-12/h9,12-14H,3-8H2,1-2H3,(H,25,26,28)/t13?,14-/m1/s1. The quantitative estimate of drug-likeness (QED) is 0.710. The summed E-state index contributed by atoms with van der Waals surface area (Å²) in [6, 6.07) is -0.163. The molecule has 9 heteroatoms. The van der Waals surface area contributed by atoms with Gasteiger partial charge in [0.2, 0.25) is 5.92 Å². The molecule has 5 rings (SSSR count). The van der Waals surface area contributed by atoms with Gasteiger partial charge in [-0.05, 0) is 39.5 Å². The van der Waals surface area contributed by atoms with Gasteiger partial charge in [-0.1, -0.05) is 0 Å². The second-order valence-electron chi connectivity index (χ2n) is 8.35. The van der Waals surface area contributed by atoms with E-state index < -0.39 is 5.92 Å². The first-order valence-electron chi connectivity index (χ1n) is 10.1. The molecule has 0 spiro atoms. The molecule has 2 fully saturated rings. The molecule has 2 saturated carbocycles. The fourth-order valence-electron chi connectivity index (χ4n) is 4.44. The average Bonchev–Trinajstić information content (AvgIpc) is 3.18. The van der Waals surface area contributed by atoms with Crippen molar-refractivity contribution in [1.29, 1.82) is 0 Å². The maximum atomic E-state index is 13.5. The van der Waals surface area contributed by atoms with E-state index in [0.717, 1.165) is 24.3 Å². The fourth-order valence-corrected chi connectivity index (χ4v) is 4.44. The molecule has 3 aromatic rings. The van der Waals surface area contributed by atoms with Crippen molar-refractivity contribution < 1.29 is 13.2 Å². The van der Waals surface area contributed by atoms with Crippen molar-refractivity contribution in [3.05, 3.63) is 39.7 Å². The zero-order chi connectivity index (χ0) is 20.3. The van der Waals surface area contributed by atoms with Crippen molar-refractivity contribution in [2.45, 2.75) is 76.2 Å². The van der Waals surface area contributed by atoms with Crippen LogP contribution in [0.2, 0.25) is 0 Å². The lowest BCUT2D eigenvalue weighted by Gasteiger charge is -2.33. The van der Waals surface area contributed by atoms with Gasteiger partial charge in [0, 0.05) is 24.7 Å². The molecule has 0 radical (unpaired) electrons. The lowest BCUT2D eigenvalue weighted by molar-refractivity contribution is -0.0446. The van der Waals surface area contributed by atoms with Gasteiger partial charge in [-0.15, -0.1) is 0 Å². The Morgan fingerprint density at radius 1 is 1.14 bits per heavy atom. The van der Waals surface area contributed by atoms with Crippen LogP contribution in [0.1, 0.15) is 79.6 Å². The Balaban J connectivity index is 1.49. The summed E-state index contributed by atoms with van der Waals surface area (Å²) in [5.74, 6) is -0.440. The van der Waals surface area contributed by atoms with E-state index in [0.29, 0.717) is 35.6 Å². The van der Waals surface area contributed by atoms with Crippen LogP contribution in [0.5, 0.6) is 0 Å². The van der Waals surface area contributed by atoms with Crippen LogP contribution in [0.15, 0.2) is 15.4 Å². The Morgan fingerprint density at radius 3 is 2.48 bits per heavy atom. The number of aromatic nitrogens is 5. The van der Waals surface area contributed by atoms with Crippen LogP contribution in [-0.4, -0.2) is 30.7 Å². The first kappa shape index (κ1) is 18.4. The van der Waals surface area contributed by atoms with Crippen molar-refractivity contribution in [1.82, 2.24) is 24.7 Å². The highest BCUT2D eigenvalue weighted by atomic mass is 19.3. The van der Waals surface area contributed by atoms with E-state index in [1.165, 1.54) is 6.20 Å². The van der Waals surface area contributed by atoms with E-state index in [1.807, 2.05) is 13.8 Å². The Bertz CT molecular complexity index is 1100. The van der Waals surface area contributed by atoms with Gasteiger partial charge in [-0.2, -0.15) is 5.10 Å². The molecule has 29 heavy (non-hydrogen) atoms. The Morgan fingerprint density at radius 2 is 1.86 bits per heavy atom. The molecule has 3 heterocycles. The number of nitrogens with one attached hydrogen (secondary N) is 1. The molecule has 0 bridgehead atoms. The fraction of sp³-hybridized carbons (Fsp3) is 0.600. The number of fused-ring (bicyclic) bond motifs is 1. The highest BCUT2D eigenvalue weighted by Crippen LogP contribution is 2.48. The van der Waals surface area contributed by atoms with E-state index >= 15 is 0 Å². The van der Waals surface area contributed by atoms with Crippen LogP contribution >= 0.6 is 0 Å². The predicted molar refractivity (Wildman–Crippen MR) is 101 cm³/mol. The summed E-state index contributed by atoms with van der Waals surface area (Å²) in [5, 5.41) is 4.72. The molecule has 7 nitrogen and oxygen atoms in total. The third-order valence-corrected chi connectivity index (χ3v) is 6.50.